The predicted molar refractivity (Wildman–Crippen MR) is 65.3 cm³/mol. The Morgan fingerprint density at radius 2 is 1.38 bits per heavy atom. The van der Waals surface area contributed by atoms with Crippen LogP contribution in [0.5, 0.6) is 0 Å². The average molecular weight is 216 g/mol. The third-order valence-corrected chi connectivity index (χ3v) is 3.35. The van der Waals surface area contributed by atoms with Gasteiger partial charge in [0, 0.05) is 0 Å². The minimum absolute atomic E-state index is 0.0204. The Kier molecular flexibility index (Phi) is 2.95. The van der Waals surface area contributed by atoms with Gasteiger partial charge in [0.15, 0.2) is 0 Å². The van der Waals surface area contributed by atoms with Crippen molar-refractivity contribution in [1.82, 2.24) is 0 Å². The lowest BCUT2D eigenvalue weighted by molar-refractivity contribution is 0.260. The van der Waals surface area contributed by atoms with Crippen LogP contribution < -0.4 is 0 Å². The van der Waals surface area contributed by atoms with Gasteiger partial charge in [-0.05, 0) is 46.9 Å². The molecule has 0 aliphatic carbocycles. The topological polar surface area (TPSA) is 40.5 Å². The van der Waals surface area contributed by atoms with Gasteiger partial charge >= 0.3 is 0 Å². The SMILES string of the molecule is Cc1c(CO)c(CO)c2ccccc2c1C. The molecule has 0 fully saturated rings. The summed E-state index contributed by atoms with van der Waals surface area (Å²) in [6.45, 7) is 4.00. The molecule has 0 saturated carbocycles. The number of hydrogen-bond acceptors (Lipinski definition) is 2. The number of aryl methyl sites for hydroxylation is 1. The van der Waals surface area contributed by atoms with Gasteiger partial charge in [-0.25, -0.2) is 0 Å². The molecule has 0 unspecified atom stereocenters. The van der Waals surface area contributed by atoms with Crippen molar-refractivity contribution in [1.29, 1.82) is 0 Å². The first kappa shape index (κ1) is 11.1. The van der Waals surface area contributed by atoms with Gasteiger partial charge in [-0.3, -0.25) is 0 Å². The predicted octanol–water partition coefficient (Wildman–Crippen LogP) is 2.44. The van der Waals surface area contributed by atoms with Crippen LogP contribution in [0.1, 0.15) is 22.3 Å². The molecule has 0 spiro atoms. The highest BCUT2D eigenvalue weighted by molar-refractivity contribution is 5.90. The first-order valence-corrected chi connectivity index (χ1v) is 5.42. The zero-order valence-electron chi connectivity index (χ0n) is 9.62. The molecule has 0 amide bonds. The molecule has 0 bridgehead atoms. The van der Waals surface area contributed by atoms with Crippen LogP contribution in [0.25, 0.3) is 10.8 Å². The summed E-state index contributed by atoms with van der Waals surface area (Å²) >= 11 is 0. The maximum Gasteiger partial charge on any atom is 0.0691 e. The van der Waals surface area contributed by atoms with E-state index in [-0.39, 0.29) is 13.2 Å². The van der Waals surface area contributed by atoms with Crippen molar-refractivity contribution in [2.75, 3.05) is 0 Å². The van der Waals surface area contributed by atoms with Crippen LogP contribution >= 0.6 is 0 Å². The number of fused-ring (bicyclic) bond motifs is 1. The third kappa shape index (κ3) is 1.51. The van der Waals surface area contributed by atoms with Crippen LogP contribution in [-0.2, 0) is 13.2 Å². The molecule has 0 aliphatic rings. The summed E-state index contributed by atoms with van der Waals surface area (Å²) < 4.78 is 0. The number of aliphatic hydroxyl groups excluding tert-OH is 2. The molecule has 2 aromatic rings. The normalized spacial score (nSPS) is 11.0. The van der Waals surface area contributed by atoms with Crippen molar-refractivity contribution in [3.8, 4) is 0 Å². The Hall–Kier alpha value is -1.38. The van der Waals surface area contributed by atoms with Gasteiger partial charge < -0.3 is 10.2 Å². The second kappa shape index (κ2) is 4.24. The molecule has 2 heteroatoms. The molecule has 2 N–H and O–H groups in total. The number of benzene rings is 2. The van der Waals surface area contributed by atoms with Gasteiger partial charge in [-0.1, -0.05) is 24.3 Å². The number of aliphatic hydroxyl groups is 2. The Balaban J connectivity index is 2.94. The summed E-state index contributed by atoms with van der Waals surface area (Å²) in [6.07, 6.45) is 0. The Morgan fingerprint density at radius 1 is 0.812 bits per heavy atom. The summed E-state index contributed by atoms with van der Waals surface area (Å²) in [7, 11) is 0. The molecule has 84 valence electrons. The van der Waals surface area contributed by atoms with E-state index in [0.717, 1.165) is 27.5 Å². The van der Waals surface area contributed by atoms with Crippen molar-refractivity contribution in [2.24, 2.45) is 0 Å². The van der Waals surface area contributed by atoms with Gasteiger partial charge in [0.2, 0.25) is 0 Å². The minimum Gasteiger partial charge on any atom is -0.392 e. The lowest BCUT2D eigenvalue weighted by Crippen LogP contribution is -2.01. The smallest absolute Gasteiger partial charge is 0.0691 e. The van der Waals surface area contributed by atoms with Crippen LogP contribution in [0.3, 0.4) is 0 Å². The molecule has 16 heavy (non-hydrogen) atoms. The van der Waals surface area contributed by atoms with E-state index in [4.69, 9.17) is 0 Å². The molecule has 0 radical (unpaired) electrons. The number of rotatable bonds is 2. The van der Waals surface area contributed by atoms with E-state index < -0.39 is 0 Å². The van der Waals surface area contributed by atoms with Gasteiger partial charge in [0.25, 0.3) is 0 Å². The zero-order valence-corrected chi connectivity index (χ0v) is 9.62. The van der Waals surface area contributed by atoms with Crippen molar-refractivity contribution in [2.45, 2.75) is 27.1 Å². The van der Waals surface area contributed by atoms with E-state index in [1.165, 1.54) is 5.56 Å². The van der Waals surface area contributed by atoms with Gasteiger partial charge in [-0.2, -0.15) is 0 Å². The van der Waals surface area contributed by atoms with Crippen LogP contribution in [0, 0.1) is 13.8 Å². The Labute approximate surface area is 95.2 Å². The molecule has 2 nitrogen and oxygen atoms in total. The molecular formula is C14H16O2. The number of hydrogen-bond donors (Lipinski definition) is 2. The lowest BCUT2D eigenvalue weighted by atomic mass is 9.91. The molecule has 0 atom stereocenters. The van der Waals surface area contributed by atoms with Crippen molar-refractivity contribution >= 4 is 10.8 Å². The van der Waals surface area contributed by atoms with Crippen LogP contribution in [-0.4, -0.2) is 10.2 Å². The summed E-state index contributed by atoms with van der Waals surface area (Å²) in [5.41, 5.74) is 3.96. The van der Waals surface area contributed by atoms with Crippen LogP contribution in [0.4, 0.5) is 0 Å². The standard InChI is InChI=1S/C14H16O2/c1-9-10(2)13(7-15)14(8-16)12-6-4-3-5-11(9)12/h3-6,15-16H,7-8H2,1-2H3. The molecule has 2 aromatic carbocycles. The Bertz CT molecular complexity index is 530. The maximum atomic E-state index is 9.45. The molecule has 0 aromatic heterocycles. The molecule has 0 heterocycles. The van der Waals surface area contributed by atoms with Crippen LogP contribution in [0.2, 0.25) is 0 Å². The monoisotopic (exact) mass is 216 g/mol. The summed E-state index contributed by atoms with van der Waals surface area (Å²) in [5, 5.41) is 21.0. The van der Waals surface area contributed by atoms with Crippen molar-refractivity contribution in [3.63, 3.8) is 0 Å². The molecule has 0 saturated heterocycles. The zero-order chi connectivity index (χ0) is 11.7. The van der Waals surface area contributed by atoms with Crippen molar-refractivity contribution in [3.05, 3.63) is 46.5 Å². The molecule has 2 rings (SSSR count). The van der Waals surface area contributed by atoms with E-state index in [9.17, 15) is 10.2 Å². The second-order valence-corrected chi connectivity index (χ2v) is 4.07. The molecular weight excluding hydrogens is 200 g/mol. The molecule has 0 aliphatic heterocycles. The van der Waals surface area contributed by atoms with Gasteiger partial charge in [-0.15, -0.1) is 0 Å². The first-order chi connectivity index (χ1) is 7.70. The highest BCUT2D eigenvalue weighted by Gasteiger charge is 2.12. The van der Waals surface area contributed by atoms with Gasteiger partial charge in [0.05, 0.1) is 13.2 Å². The summed E-state index contributed by atoms with van der Waals surface area (Å²) in [5.74, 6) is 0. The fourth-order valence-electron chi connectivity index (χ4n) is 2.29. The Morgan fingerprint density at radius 3 is 1.94 bits per heavy atom. The third-order valence-electron chi connectivity index (χ3n) is 3.35. The fourth-order valence-corrected chi connectivity index (χ4v) is 2.29. The van der Waals surface area contributed by atoms with E-state index in [1.807, 2.05) is 25.1 Å². The van der Waals surface area contributed by atoms with Crippen molar-refractivity contribution < 1.29 is 10.2 Å². The summed E-state index contributed by atoms with van der Waals surface area (Å²) in [6, 6.07) is 8.00. The van der Waals surface area contributed by atoms with E-state index in [0.29, 0.717) is 0 Å². The van der Waals surface area contributed by atoms with E-state index in [1.54, 1.807) is 0 Å². The summed E-state index contributed by atoms with van der Waals surface area (Å²) in [4.78, 5) is 0. The highest BCUT2D eigenvalue weighted by atomic mass is 16.3. The quantitative estimate of drug-likeness (QED) is 0.809. The highest BCUT2D eigenvalue weighted by Crippen LogP contribution is 2.29. The largest absolute Gasteiger partial charge is 0.392 e. The van der Waals surface area contributed by atoms with E-state index in [2.05, 4.69) is 13.0 Å². The second-order valence-electron chi connectivity index (χ2n) is 4.07. The van der Waals surface area contributed by atoms with E-state index >= 15 is 0 Å². The average Bonchev–Trinajstić information content (AvgIpc) is 2.33. The fraction of sp³-hybridized carbons (Fsp3) is 0.286. The first-order valence-electron chi connectivity index (χ1n) is 5.42. The minimum atomic E-state index is -0.0302. The van der Waals surface area contributed by atoms with Gasteiger partial charge in [0.1, 0.15) is 0 Å². The van der Waals surface area contributed by atoms with Crippen LogP contribution in [0.15, 0.2) is 24.3 Å². The maximum absolute atomic E-state index is 9.45. The lowest BCUT2D eigenvalue weighted by Gasteiger charge is -2.16.